The van der Waals surface area contributed by atoms with Gasteiger partial charge in [0.25, 0.3) is 15.7 Å². The summed E-state index contributed by atoms with van der Waals surface area (Å²) >= 11 is 0. The molecule has 1 amide bonds. The van der Waals surface area contributed by atoms with E-state index in [1.165, 1.54) is 24.3 Å². The Morgan fingerprint density at radius 1 is 0.968 bits per heavy atom. The van der Waals surface area contributed by atoms with Crippen molar-refractivity contribution in [1.82, 2.24) is 5.32 Å². The SMILES string of the molecule is C[C@@H](NC(=O)CN(c1ccccc1)S(=O)(=O)c1ccccc1[N+](=O)[O-])c1ccccc1. The van der Waals surface area contributed by atoms with Crippen molar-refractivity contribution in [3.63, 3.8) is 0 Å². The lowest BCUT2D eigenvalue weighted by molar-refractivity contribution is -0.387. The number of nitro groups is 1. The van der Waals surface area contributed by atoms with E-state index in [2.05, 4.69) is 5.32 Å². The molecule has 3 rings (SSSR count). The minimum Gasteiger partial charge on any atom is -0.348 e. The standard InChI is InChI=1S/C22H21N3O5S/c1-17(18-10-4-2-5-11-18)23-22(26)16-24(19-12-6-3-7-13-19)31(29,30)21-15-9-8-14-20(21)25(27)28/h2-15,17H,16H2,1H3,(H,23,26)/t17-/m1/s1. The molecule has 1 N–H and O–H groups in total. The Kier molecular flexibility index (Phi) is 6.66. The molecule has 0 aliphatic heterocycles. The third kappa shape index (κ3) is 5.07. The third-order valence-electron chi connectivity index (χ3n) is 4.64. The Hall–Kier alpha value is -3.72. The highest BCUT2D eigenvalue weighted by atomic mass is 32.2. The summed E-state index contributed by atoms with van der Waals surface area (Å²) in [5, 5.41) is 14.2. The fourth-order valence-corrected chi connectivity index (χ4v) is 4.68. The van der Waals surface area contributed by atoms with Gasteiger partial charge in [0.15, 0.2) is 4.90 Å². The van der Waals surface area contributed by atoms with Crippen LogP contribution >= 0.6 is 0 Å². The van der Waals surface area contributed by atoms with Gasteiger partial charge < -0.3 is 5.32 Å². The van der Waals surface area contributed by atoms with Crippen LogP contribution in [0.4, 0.5) is 11.4 Å². The molecule has 0 aromatic heterocycles. The quantitative estimate of drug-likeness (QED) is 0.425. The molecule has 0 aliphatic rings. The van der Waals surface area contributed by atoms with Crippen molar-refractivity contribution in [2.75, 3.05) is 10.8 Å². The third-order valence-corrected chi connectivity index (χ3v) is 6.46. The molecule has 3 aromatic rings. The van der Waals surface area contributed by atoms with Gasteiger partial charge in [-0.05, 0) is 30.7 Å². The van der Waals surface area contributed by atoms with E-state index in [1.807, 2.05) is 30.3 Å². The summed E-state index contributed by atoms with van der Waals surface area (Å²) in [7, 11) is -4.39. The molecule has 0 spiro atoms. The van der Waals surface area contributed by atoms with Crippen LogP contribution in [0.5, 0.6) is 0 Å². The normalized spacial score (nSPS) is 12.0. The monoisotopic (exact) mass is 439 g/mol. The maximum Gasteiger partial charge on any atom is 0.289 e. The van der Waals surface area contributed by atoms with Crippen molar-refractivity contribution in [1.29, 1.82) is 0 Å². The van der Waals surface area contributed by atoms with Crippen LogP contribution in [0.15, 0.2) is 89.8 Å². The van der Waals surface area contributed by atoms with E-state index in [0.717, 1.165) is 22.0 Å². The van der Waals surface area contributed by atoms with E-state index in [0.29, 0.717) is 0 Å². The zero-order chi connectivity index (χ0) is 22.4. The number of rotatable bonds is 8. The minimum absolute atomic E-state index is 0.225. The first kappa shape index (κ1) is 22.0. The minimum atomic E-state index is -4.39. The van der Waals surface area contributed by atoms with E-state index < -0.39 is 38.0 Å². The zero-order valence-electron chi connectivity index (χ0n) is 16.7. The van der Waals surface area contributed by atoms with E-state index in [4.69, 9.17) is 0 Å². The predicted molar refractivity (Wildman–Crippen MR) is 117 cm³/mol. The van der Waals surface area contributed by atoms with Gasteiger partial charge in [0.05, 0.1) is 16.7 Å². The first-order valence-electron chi connectivity index (χ1n) is 9.46. The number of amides is 1. The Labute approximate surface area is 180 Å². The van der Waals surface area contributed by atoms with Crippen LogP contribution in [0.3, 0.4) is 0 Å². The van der Waals surface area contributed by atoms with Crippen LogP contribution in [0, 0.1) is 10.1 Å². The lowest BCUT2D eigenvalue weighted by Crippen LogP contribution is -2.41. The van der Waals surface area contributed by atoms with E-state index in [9.17, 15) is 23.3 Å². The molecule has 0 heterocycles. The molecule has 1 atom stereocenters. The topological polar surface area (TPSA) is 110 Å². The van der Waals surface area contributed by atoms with Crippen LogP contribution in [-0.4, -0.2) is 25.8 Å². The maximum absolute atomic E-state index is 13.4. The predicted octanol–water partition coefficient (Wildman–Crippen LogP) is 3.67. The summed E-state index contributed by atoms with van der Waals surface area (Å²) in [5.74, 6) is -0.539. The highest BCUT2D eigenvalue weighted by Crippen LogP contribution is 2.29. The summed E-state index contributed by atoms with van der Waals surface area (Å²) in [6, 6.07) is 22.0. The van der Waals surface area contributed by atoms with Gasteiger partial charge in [0.2, 0.25) is 5.91 Å². The van der Waals surface area contributed by atoms with Crippen molar-refractivity contribution in [2.45, 2.75) is 17.9 Å². The number of nitrogens with one attached hydrogen (secondary N) is 1. The van der Waals surface area contributed by atoms with Gasteiger partial charge in [-0.1, -0.05) is 60.7 Å². The lowest BCUT2D eigenvalue weighted by atomic mass is 10.1. The van der Waals surface area contributed by atoms with Crippen molar-refractivity contribution >= 4 is 27.3 Å². The summed E-state index contributed by atoms with van der Waals surface area (Å²) in [4.78, 5) is 22.9. The van der Waals surface area contributed by atoms with Crippen LogP contribution in [0.25, 0.3) is 0 Å². The van der Waals surface area contributed by atoms with Crippen LogP contribution in [0.1, 0.15) is 18.5 Å². The highest BCUT2D eigenvalue weighted by Gasteiger charge is 2.33. The number of sulfonamides is 1. The zero-order valence-corrected chi connectivity index (χ0v) is 17.5. The molecule has 0 unspecified atom stereocenters. The van der Waals surface area contributed by atoms with Crippen molar-refractivity contribution in [2.24, 2.45) is 0 Å². The molecule has 0 fully saturated rings. The average molecular weight is 439 g/mol. The smallest absolute Gasteiger partial charge is 0.289 e. The van der Waals surface area contributed by atoms with Crippen LogP contribution < -0.4 is 9.62 Å². The van der Waals surface area contributed by atoms with Crippen molar-refractivity contribution < 1.29 is 18.1 Å². The van der Waals surface area contributed by atoms with Gasteiger partial charge in [-0.2, -0.15) is 0 Å². The summed E-state index contributed by atoms with van der Waals surface area (Å²) < 4.78 is 27.7. The Balaban J connectivity index is 1.95. The second kappa shape index (κ2) is 9.40. The molecule has 160 valence electrons. The van der Waals surface area contributed by atoms with Gasteiger partial charge >= 0.3 is 0 Å². The largest absolute Gasteiger partial charge is 0.348 e. The number of benzene rings is 3. The Bertz CT molecular complexity index is 1170. The highest BCUT2D eigenvalue weighted by molar-refractivity contribution is 7.93. The number of nitro benzene ring substituents is 1. The van der Waals surface area contributed by atoms with Crippen molar-refractivity contribution in [3.05, 3.63) is 101 Å². The summed E-state index contributed by atoms with van der Waals surface area (Å²) in [5.41, 5.74) is 0.535. The molecule has 8 nitrogen and oxygen atoms in total. The molecular formula is C22H21N3O5S. The van der Waals surface area contributed by atoms with Gasteiger partial charge in [0.1, 0.15) is 6.54 Å². The number of nitrogens with zero attached hydrogens (tertiary/aromatic N) is 2. The van der Waals surface area contributed by atoms with Gasteiger partial charge in [-0.3, -0.25) is 19.2 Å². The number of carbonyl (C=O) groups excluding carboxylic acids is 1. The van der Waals surface area contributed by atoms with Crippen molar-refractivity contribution in [3.8, 4) is 0 Å². The number of carbonyl (C=O) groups is 1. The van der Waals surface area contributed by atoms with Crippen LogP contribution in [-0.2, 0) is 14.8 Å². The molecular weight excluding hydrogens is 418 g/mol. The maximum atomic E-state index is 13.4. The molecule has 0 saturated heterocycles. The molecule has 0 saturated carbocycles. The number of hydrogen-bond acceptors (Lipinski definition) is 5. The fraction of sp³-hybridized carbons (Fsp3) is 0.136. The summed E-state index contributed by atoms with van der Waals surface area (Å²) in [6.45, 7) is 1.26. The van der Waals surface area contributed by atoms with E-state index in [-0.39, 0.29) is 11.7 Å². The van der Waals surface area contributed by atoms with Gasteiger partial charge in [0, 0.05) is 6.07 Å². The fourth-order valence-electron chi connectivity index (χ4n) is 3.10. The molecule has 31 heavy (non-hydrogen) atoms. The molecule has 0 radical (unpaired) electrons. The Morgan fingerprint density at radius 3 is 2.13 bits per heavy atom. The average Bonchev–Trinajstić information content (AvgIpc) is 2.78. The second-order valence-electron chi connectivity index (χ2n) is 6.77. The van der Waals surface area contributed by atoms with Crippen LogP contribution in [0.2, 0.25) is 0 Å². The molecule has 0 aliphatic carbocycles. The van der Waals surface area contributed by atoms with E-state index in [1.54, 1.807) is 25.1 Å². The Morgan fingerprint density at radius 2 is 1.52 bits per heavy atom. The van der Waals surface area contributed by atoms with Gasteiger partial charge in [-0.15, -0.1) is 0 Å². The first-order chi connectivity index (χ1) is 14.8. The summed E-state index contributed by atoms with van der Waals surface area (Å²) in [6.07, 6.45) is 0. The second-order valence-corrected chi connectivity index (χ2v) is 8.60. The number of para-hydroxylation sites is 2. The molecule has 9 heteroatoms. The lowest BCUT2D eigenvalue weighted by Gasteiger charge is -2.25. The van der Waals surface area contributed by atoms with Gasteiger partial charge in [-0.25, -0.2) is 8.42 Å². The molecule has 0 bridgehead atoms. The first-order valence-corrected chi connectivity index (χ1v) is 10.9. The van der Waals surface area contributed by atoms with E-state index >= 15 is 0 Å². The number of anilines is 1. The molecule has 3 aromatic carbocycles. The number of hydrogen-bond donors (Lipinski definition) is 1.